The summed E-state index contributed by atoms with van der Waals surface area (Å²) in [7, 11) is 2.15. The van der Waals surface area contributed by atoms with Gasteiger partial charge in [-0.1, -0.05) is 25.0 Å². The molecule has 3 aromatic rings. The summed E-state index contributed by atoms with van der Waals surface area (Å²) in [5, 5.41) is 6.99. The van der Waals surface area contributed by atoms with E-state index in [1.807, 2.05) is 12.3 Å². The molecule has 2 fully saturated rings. The Bertz CT molecular complexity index is 1560. The van der Waals surface area contributed by atoms with Crippen molar-refractivity contribution >= 4 is 22.8 Å². The molecular weight excluding hydrogens is 543 g/mol. The summed E-state index contributed by atoms with van der Waals surface area (Å²) in [5.74, 6) is 1.67. The number of hydrogen-bond donors (Lipinski definition) is 5. The molecule has 5 N–H and O–H groups in total. The third kappa shape index (κ3) is 5.74. The zero-order valence-corrected chi connectivity index (χ0v) is 24.6. The van der Waals surface area contributed by atoms with E-state index in [-0.39, 0.29) is 5.69 Å². The SMILES string of the molecule is CN1CCN(/C2=C/C=CCNc3nc(C4=CNNc5cnc(-c6cncc(CNCC7CCCC7)c6)c(F)c54)[nH]c32)CC1. The van der Waals surface area contributed by atoms with Crippen molar-refractivity contribution in [3.63, 3.8) is 0 Å². The van der Waals surface area contributed by atoms with Crippen LogP contribution in [0.1, 0.15) is 48.3 Å². The Kier molecular flexibility index (Phi) is 7.82. The molecular formula is C32H39FN10. The summed E-state index contributed by atoms with van der Waals surface area (Å²) in [6, 6.07) is 1.98. The summed E-state index contributed by atoms with van der Waals surface area (Å²) < 4.78 is 16.5. The maximum Gasteiger partial charge on any atom is 0.159 e. The van der Waals surface area contributed by atoms with Gasteiger partial charge in [-0.05, 0) is 50.1 Å². The number of pyridine rings is 2. The number of halogens is 1. The minimum Gasteiger partial charge on any atom is -0.367 e. The van der Waals surface area contributed by atoms with Gasteiger partial charge < -0.3 is 30.8 Å². The van der Waals surface area contributed by atoms with Gasteiger partial charge in [0.2, 0.25) is 0 Å². The second-order valence-corrected chi connectivity index (χ2v) is 11.9. The van der Waals surface area contributed by atoms with Crippen molar-refractivity contribution in [2.75, 3.05) is 57.1 Å². The van der Waals surface area contributed by atoms with Crippen LogP contribution in [0.4, 0.5) is 15.9 Å². The zero-order chi connectivity index (χ0) is 29.2. The van der Waals surface area contributed by atoms with Gasteiger partial charge in [-0.15, -0.1) is 0 Å². The number of anilines is 2. The number of allylic oxidation sites excluding steroid dienone is 2. The van der Waals surface area contributed by atoms with E-state index < -0.39 is 5.82 Å². The molecule has 224 valence electrons. The summed E-state index contributed by atoms with van der Waals surface area (Å²) >= 11 is 0. The minimum atomic E-state index is -0.413. The van der Waals surface area contributed by atoms with E-state index in [4.69, 9.17) is 4.98 Å². The van der Waals surface area contributed by atoms with E-state index in [9.17, 15) is 0 Å². The zero-order valence-electron chi connectivity index (χ0n) is 24.6. The molecule has 1 aliphatic carbocycles. The van der Waals surface area contributed by atoms with Crippen LogP contribution in [-0.4, -0.2) is 76.1 Å². The number of piperazine rings is 1. The van der Waals surface area contributed by atoms with Gasteiger partial charge >= 0.3 is 0 Å². The molecule has 0 atom stereocenters. The molecule has 1 saturated heterocycles. The number of imidazole rings is 1. The lowest BCUT2D eigenvalue weighted by atomic mass is 10.00. The molecule has 10 nitrogen and oxygen atoms in total. The van der Waals surface area contributed by atoms with Crippen molar-refractivity contribution in [1.82, 2.24) is 40.5 Å². The van der Waals surface area contributed by atoms with E-state index in [2.05, 4.69) is 71.5 Å². The van der Waals surface area contributed by atoms with Crippen LogP contribution in [0.3, 0.4) is 0 Å². The number of nitrogens with one attached hydrogen (secondary N) is 5. The molecule has 3 aromatic heterocycles. The van der Waals surface area contributed by atoms with Gasteiger partial charge in [-0.25, -0.2) is 9.37 Å². The number of fused-ring (bicyclic) bond motifs is 2. The van der Waals surface area contributed by atoms with E-state index in [1.54, 1.807) is 18.6 Å². The molecule has 0 unspecified atom stereocenters. The Hall–Kier alpha value is -4.22. The van der Waals surface area contributed by atoms with Crippen LogP contribution in [0.2, 0.25) is 0 Å². The first-order valence-corrected chi connectivity index (χ1v) is 15.3. The fourth-order valence-corrected chi connectivity index (χ4v) is 6.43. The van der Waals surface area contributed by atoms with E-state index in [1.165, 1.54) is 25.7 Å². The van der Waals surface area contributed by atoms with Gasteiger partial charge in [0.1, 0.15) is 17.2 Å². The Labute approximate surface area is 251 Å². The fourth-order valence-electron chi connectivity index (χ4n) is 6.43. The Morgan fingerprint density at radius 2 is 1.95 bits per heavy atom. The van der Waals surface area contributed by atoms with Crippen LogP contribution >= 0.6 is 0 Å². The van der Waals surface area contributed by atoms with Gasteiger partial charge in [-0.2, -0.15) is 0 Å². The summed E-state index contributed by atoms with van der Waals surface area (Å²) in [5.41, 5.74) is 11.6. The number of likely N-dealkylation sites (N-methyl/N-ethyl adjacent to an activating group) is 1. The number of hydrogen-bond acceptors (Lipinski definition) is 9. The third-order valence-electron chi connectivity index (χ3n) is 8.85. The van der Waals surface area contributed by atoms with Crippen molar-refractivity contribution in [3.05, 3.63) is 77.5 Å². The minimum absolute atomic E-state index is 0.267. The monoisotopic (exact) mass is 582 g/mol. The van der Waals surface area contributed by atoms with E-state index in [0.29, 0.717) is 41.3 Å². The Balaban J connectivity index is 1.18. The van der Waals surface area contributed by atoms with Crippen molar-refractivity contribution in [2.24, 2.45) is 5.92 Å². The number of nitrogens with zero attached hydrogens (tertiary/aromatic N) is 5. The van der Waals surface area contributed by atoms with Gasteiger partial charge in [-0.3, -0.25) is 15.4 Å². The standard InChI is InChI=1S/C32H39FN10/c1-42-10-12-43(13-11-42)26-8-4-5-9-36-32-30(26)39-31(40-32)24-19-38-41-25-20-37-29(28(33)27(24)25)23-14-22(17-35-18-23)16-34-15-21-6-2-3-7-21/h4-5,8,14,17-21,34,36,38,41H,2-3,6-7,9-13,15-16H2,1H3,(H,39,40)/b5-4?,26-8+. The van der Waals surface area contributed by atoms with Gasteiger partial charge in [0.25, 0.3) is 0 Å². The van der Waals surface area contributed by atoms with Crippen molar-refractivity contribution in [2.45, 2.75) is 32.2 Å². The predicted molar refractivity (Wildman–Crippen MR) is 168 cm³/mol. The highest BCUT2D eigenvalue weighted by Crippen LogP contribution is 2.38. The van der Waals surface area contributed by atoms with Crippen molar-refractivity contribution in [1.29, 1.82) is 0 Å². The van der Waals surface area contributed by atoms with Crippen LogP contribution < -0.4 is 21.5 Å². The molecule has 3 aliphatic heterocycles. The molecule has 0 aromatic carbocycles. The Morgan fingerprint density at radius 1 is 1.09 bits per heavy atom. The first-order valence-electron chi connectivity index (χ1n) is 15.3. The smallest absolute Gasteiger partial charge is 0.159 e. The number of rotatable bonds is 7. The van der Waals surface area contributed by atoms with Crippen LogP contribution in [0.5, 0.6) is 0 Å². The average Bonchev–Trinajstić information content (AvgIpc) is 3.69. The molecule has 11 heteroatoms. The maximum absolute atomic E-state index is 16.5. The molecule has 43 heavy (non-hydrogen) atoms. The normalized spacial score (nSPS) is 20.1. The van der Waals surface area contributed by atoms with Gasteiger partial charge in [0, 0.05) is 69.0 Å². The largest absolute Gasteiger partial charge is 0.367 e. The number of aromatic amines is 1. The highest BCUT2D eigenvalue weighted by molar-refractivity contribution is 5.89. The third-order valence-corrected chi connectivity index (χ3v) is 8.85. The van der Waals surface area contributed by atoms with E-state index in [0.717, 1.165) is 61.4 Å². The molecule has 1 saturated carbocycles. The van der Waals surface area contributed by atoms with Crippen LogP contribution in [0.15, 0.2) is 49.1 Å². The first-order chi connectivity index (χ1) is 21.1. The number of hydrazine groups is 1. The van der Waals surface area contributed by atoms with Crippen molar-refractivity contribution < 1.29 is 4.39 Å². The number of H-pyrrole nitrogens is 1. The fraction of sp³-hybridized carbons (Fsp3) is 0.406. The first kappa shape index (κ1) is 27.6. The summed E-state index contributed by atoms with van der Waals surface area (Å²) in [6.45, 7) is 6.19. The van der Waals surface area contributed by atoms with Crippen LogP contribution in [-0.2, 0) is 6.54 Å². The lowest BCUT2D eigenvalue weighted by molar-refractivity contribution is 0.207. The second kappa shape index (κ2) is 12.2. The number of aromatic nitrogens is 4. The topological polar surface area (TPSA) is 109 Å². The Morgan fingerprint density at radius 3 is 2.81 bits per heavy atom. The maximum atomic E-state index is 16.5. The summed E-state index contributed by atoms with van der Waals surface area (Å²) in [4.78, 5) is 22.1. The molecule has 7 rings (SSSR count). The molecule has 0 radical (unpaired) electrons. The van der Waals surface area contributed by atoms with Crippen LogP contribution in [0.25, 0.3) is 22.5 Å². The summed E-state index contributed by atoms with van der Waals surface area (Å²) in [6.07, 6.45) is 18.5. The molecule has 0 amide bonds. The molecule has 4 aliphatic rings. The van der Waals surface area contributed by atoms with E-state index >= 15 is 4.39 Å². The van der Waals surface area contributed by atoms with Gasteiger partial charge in [0.15, 0.2) is 11.6 Å². The molecule has 6 heterocycles. The van der Waals surface area contributed by atoms with Crippen molar-refractivity contribution in [3.8, 4) is 11.3 Å². The van der Waals surface area contributed by atoms with Crippen LogP contribution in [0, 0.1) is 11.7 Å². The highest BCUT2D eigenvalue weighted by atomic mass is 19.1. The molecule has 0 spiro atoms. The second-order valence-electron chi connectivity index (χ2n) is 11.9. The predicted octanol–water partition coefficient (Wildman–Crippen LogP) is 4.17. The lowest BCUT2D eigenvalue weighted by Gasteiger charge is -2.35. The van der Waals surface area contributed by atoms with Gasteiger partial charge in [0.05, 0.1) is 23.1 Å². The average molecular weight is 583 g/mol. The quantitative estimate of drug-likeness (QED) is 0.280. The lowest BCUT2D eigenvalue weighted by Crippen LogP contribution is -2.43. The highest BCUT2D eigenvalue weighted by Gasteiger charge is 2.28. The molecule has 0 bridgehead atoms.